The molecule has 0 saturated carbocycles. The van der Waals surface area contributed by atoms with Gasteiger partial charge >= 0.3 is 0 Å². The topological polar surface area (TPSA) is 20.2 Å². The number of aliphatic hydroxyl groups is 1. The molecule has 1 nitrogen and oxygen atoms in total. The first kappa shape index (κ1) is 10.5. The fourth-order valence-electron chi connectivity index (χ4n) is 0.991. The highest BCUT2D eigenvalue weighted by Gasteiger charge is 2.07. The van der Waals surface area contributed by atoms with Crippen LogP contribution in [0.1, 0.15) is 18.4 Å². The first-order valence-corrected chi connectivity index (χ1v) is 5.58. The number of benzene rings is 1. The molecule has 1 rings (SSSR count). The van der Waals surface area contributed by atoms with E-state index in [2.05, 4.69) is 44.6 Å². The van der Waals surface area contributed by atoms with Gasteiger partial charge in [-0.1, -0.05) is 22.9 Å². The van der Waals surface area contributed by atoms with Crippen molar-refractivity contribution in [2.24, 2.45) is 0 Å². The van der Waals surface area contributed by atoms with E-state index in [0.29, 0.717) is 0 Å². The third kappa shape index (κ3) is 2.44. The predicted octanol–water partition coefficient (Wildman–Crippen LogP) is 3.15. The summed E-state index contributed by atoms with van der Waals surface area (Å²) in [5, 5.41) is 8.98. The van der Waals surface area contributed by atoms with Crippen molar-refractivity contribution < 1.29 is 5.11 Å². The molecule has 12 heavy (non-hydrogen) atoms. The molecule has 0 aliphatic heterocycles. The lowest BCUT2D eigenvalue weighted by molar-refractivity contribution is 0.272. The van der Waals surface area contributed by atoms with Gasteiger partial charge in [0.1, 0.15) is 0 Å². The smallest absolute Gasteiger partial charge is 0.0497 e. The van der Waals surface area contributed by atoms with E-state index < -0.39 is 0 Å². The first-order chi connectivity index (χ1) is 5.65. The third-order valence-electron chi connectivity index (χ3n) is 1.76. The predicted molar refractivity (Wildman–Crippen MR) is 62.4 cm³/mol. The van der Waals surface area contributed by atoms with Crippen molar-refractivity contribution in [3.8, 4) is 0 Å². The lowest BCUT2D eigenvalue weighted by Gasteiger charge is -2.10. The minimum absolute atomic E-state index is 0.201. The highest BCUT2D eigenvalue weighted by Crippen LogP contribution is 2.24. The van der Waals surface area contributed by atoms with Crippen LogP contribution in [-0.2, 0) is 0 Å². The first-order valence-electron chi connectivity index (χ1n) is 3.71. The second kappa shape index (κ2) is 4.58. The highest BCUT2D eigenvalue weighted by atomic mass is 127. The van der Waals surface area contributed by atoms with Gasteiger partial charge in [-0.25, -0.2) is 0 Å². The molecule has 3 heteroatoms. The van der Waals surface area contributed by atoms with Crippen LogP contribution in [0.15, 0.2) is 22.7 Å². The van der Waals surface area contributed by atoms with Crippen LogP contribution in [0.25, 0.3) is 0 Å². The van der Waals surface area contributed by atoms with Gasteiger partial charge < -0.3 is 5.11 Å². The van der Waals surface area contributed by atoms with Gasteiger partial charge in [0.05, 0.1) is 0 Å². The van der Waals surface area contributed by atoms with E-state index in [-0.39, 0.29) is 12.5 Å². The van der Waals surface area contributed by atoms with Gasteiger partial charge in [0.15, 0.2) is 0 Å². The molecule has 0 aliphatic rings. The van der Waals surface area contributed by atoms with E-state index in [4.69, 9.17) is 5.11 Å². The molecule has 0 bridgehead atoms. The zero-order chi connectivity index (χ0) is 9.14. The molecule has 1 atom stereocenters. The molecule has 0 amide bonds. The van der Waals surface area contributed by atoms with Crippen LogP contribution in [0.4, 0.5) is 0 Å². The molecule has 66 valence electrons. The van der Waals surface area contributed by atoms with Gasteiger partial charge in [-0.05, 0) is 46.4 Å². The van der Waals surface area contributed by atoms with Crippen molar-refractivity contribution in [2.75, 3.05) is 6.61 Å². The minimum Gasteiger partial charge on any atom is -0.396 e. The number of halogens is 2. The van der Waals surface area contributed by atoms with Crippen molar-refractivity contribution in [3.63, 3.8) is 0 Å². The molecule has 0 aromatic heterocycles. The molecule has 0 spiro atoms. The highest BCUT2D eigenvalue weighted by molar-refractivity contribution is 14.1. The van der Waals surface area contributed by atoms with Gasteiger partial charge in [-0.3, -0.25) is 0 Å². The zero-order valence-corrected chi connectivity index (χ0v) is 10.5. The monoisotopic (exact) mass is 340 g/mol. The summed E-state index contributed by atoms with van der Waals surface area (Å²) >= 11 is 5.69. The average molecular weight is 341 g/mol. The molecule has 0 heterocycles. The van der Waals surface area contributed by atoms with Crippen molar-refractivity contribution in [1.82, 2.24) is 0 Å². The van der Waals surface area contributed by atoms with Crippen molar-refractivity contribution in [3.05, 3.63) is 31.8 Å². The molecule has 1 aromatic carbocycles. The summed E-state index contributed by atoms with van der Waals surface area (Å²) in [7, 11) is 0. The maximum atomic E-state index is 8.98. The summed E-state index contributed by atoms with van der Waals surface area (Å²) in [6, 6.07) is 6.12. The van der Waals surface area contributed by atoms with Crippen LogP contribution in [0, 0.1) is 3.57 Å². The van der Waals surface area contributed by atoms with Gasteiger partial charge in [0.2, 0.25) is 0 Å². The van der Waals surface area contributed by atoms with E-state index in [0.717, 1.165) is 4.47 Å². The molecular weight excluding hydrogens is 331 g/mol. The summed E-state index contributed by atoms with van der Waals surface area (Å²) in [5.41, 5.74) is 1.20. The van der Waals surface area contributed by atoms with Crippen molar-refractivity contribution in [1.29, 1.82) is 0 Å². The number of hydrogen-bond donors (Lipinski definition) is 1. The normalized spacial score (nSPS) is 13.0. The van der Waals surface area contributed by atoms with E-state index in [1.54, 1.807) is 0 Å². The zero-order valence-electron chi connectivity index (χ0n) is 6.72. The number of hydrogen-bond acceptors (Lipinski definition) is 1. The van der Waals surface area contributed by atoms with Gasteiger partial charge in [0.25, 0.3) is 0 Å². The molecule has 0 aliphatic carbocycles. The van der Waals surface area contributed by atoms with Crippen molar-refractivity contribution >= 4 is 38.5 Å². The van der Waals surface area contributed by atoms with Crippen LogP contribution in [-0.4, -0.2) is 11.7 Å². The summed E-state index contributed by atoms with van der Waals surface area (Å²) in [6.45, 7) is 2.22. The molecule has 0 radical (unpaired) electrons. The summed E-state index contributed by atoms with van der Waals surface area (Å²) < 4.78 is 2.27. The lowest BCUT2D eigenvalue weighted by Crippen LogP contribution is -2.00. The Morgan fingerprint density at radius 2 is 2.25 bits per heavy atom. The Labute approximate surface area is 94.4 Å². The third-order valence-corrected chi connectivity index (χ3v) is 3.24. The molecule has 0 saturated heterocycles. The van der Waals surface area contributed by atoms with Gasteiger partial charge in [-0.15, -0.1) is 0 Å². The molecule has 1 N–H and O–H groups in total. The Morgan fingerprint density at radius 1 is 1.58 bits per heavy atom. The lowest BCUT2D eigenvalue weighted by atomic mass is 10.0. The summed E-state index contributed by atoms with van der Waals surface area (Å²) in [5.74, 6) is 0.217. The van der Waals surface area contributed by atoms with E-state index in [9.17, 15) is 0 Å². The quantitative estimate of drug-likeness (QED) is 0.820. The maximum absolute atomic E-state index is 8.98. The summed E-state index contributed by atoms with van der Waals surface area (Å²) in [4.78, 5) is 0. The molecular formula is C9H10BrIO. The maximum Gasteiger partial charge on any atom is 0.0497 e. The Bertz CT molecular complexity index is 275. The molecule has 1 unspecified atom stereocenters. The Kier molecular flexibility index (Phi) is 3.99. The summed E-state index contributed by atoms with van der Waals surface area (Å²) in [6.07, 6.45) is 0. The molecule has 1 aromatic rings. The van der Waals surface area contributed by atoms with Crippen molar-refractivity contribution in [2.45, 2.75) is 12.8 Å². The number of rotatable bonds is 2. The van der Waals surface area contributed by atoms with Gasteiger partial charge in [0, 0.05) is 20.6 Å². The SMILES string of the molecule is CC(CO)c1cc(Br)ccc1I. The fourth-order valence-corrected chi connectivity index (χ4v) is 2.24. The minimum atomic E-state index is 0.201. The second-order valence-electron chi connectivity index (χ2n) is 2.75. The van der Waals surface area contributed by atoms with Crippen LogP contribution in [0.3, 0.4) is 0 Å². The molecule has 0 fully saturated rings. The van der Waals surface area contributed by atoms with Crippen LogP contribution < -0.4 is 0 Å². The van der Waals surface area contributed by atoms with E-state index >= 15 is 0 Å². The Hall–Kier alpha value is 0.390. The Balaban J connectivity index is 3.04. The van der Waals surface area contributed by atoms with Crippen LogP contribution >= 0.6 is 38.5 Å². The van der Waals surface area contributed by atoms with Crippen LogP contribution in [0.2, 0.25) is 0 Å². The fraction of sp³-hybridized carbons (Fsp3) is 0.333. The van der Waals surface area contributed by atoms with E-state index in [1.807, 2.05) is 19.1 Å². The van der Waals surface area contributed by atoms with Crippen LogP contribution in [0.5, 0.6) is 0 Å². The second-order valence-corrected chi connectivity index (χ2v) is 4.83. The largest absolute Gasteiger partial charge is 0.396 e. The van der Waals surface area contributed by atoms with E-state index in [1.165, 1.54) is 9.13 Å². The Morgan fingerprint density at radius 3 is 2.83 bits per heavy atom. The standard InChI is InChI=1S/C9H10BrIO/c1-6(5-12)8-4-7(10)2-3-9(8)11/h2-4,6,12H,5H2,1H3. The average Bonchev–Trinajstić information content (AvgIpc) is 2.08. The number of aliphatic hydroxyl groups excluding tert-OH is 1. The van der Waals surface area contributed by atoms with Gasteiger partial charge in [-0.2, -0.15) is 0 Å².